The Hall–Kier alpha value is -0.940. The number of carbonyl (C=O) groups is 1. The molecule has 1 fully saturated rings. The van der Waals surface area contributed by atoms with Gasteiger partial charge in [-0.3, -0.25) is 4.79 Å². The lowest BCUT2D eigenvalue weighted by Crippen LogP contribution is -2.43. The summed E-state index contributed by atoms with van der Waals surface area (Å²) in [7, 11) is 0. The van der Waals surface area contributed by atoms with Crippen LogP contribution in [0.1, 0.15) is 37.7 Å². The second-order valence-electron chi connectivity index (χ2n) is 5.64. The molecule has 2 atom stereocenters. The number of rotatable bonds is 5. The molecule has 0 heterocycles. The SMILES string of the molecule is O=C(CCc1ccc(Br)cc1F)N[C@@H]1CCCC[C@@H]1CO. The van der Waals surface area contributed by atoms with E-state index in [-0.39, 0.29) is 36.7 Å². The molecule has 5 heteroatoms. The van der Waals surface area contributed by atoms with E-state index in [1.54, 1.807) is 12.1 Å². The van der Waals surface area contributed by atoms with Gasteiger partial charge in [-0.1, -0.05) is 34.8 Å². The number of aryl methyl sites for hydroxylation is 1. The zero-order valence-corrected chi connectivity index (χ0v) is 13.5. The summed E-state index contributed by atoms with van der Waals surface area (Å²) >= 11 is 3.21. The van der Waals surface area contributed by atoms with Gasteiger partial charge in [-0.2, -0.15) is 0 Å². The third-order valence-electron chi connectivity index (χ3n) is 4.13. The highest BCUT2D eigenvalue weighted by molar-refractivity contribution is 9.10. The van der Waals surface area contributed by atoms with E-state index in [9.17, 15) is 14.3 Å². The van der Waals surface area contributed by atoms with E-state index in [0.717, 1.165) is 25.7 Å². The number of amides is 1. The lowest BCUT2D eigenvalue weighted by molar-refractivity contribution is -0.122. The van der Waals surface area contributed by atoms with E-state index >= 15 is 0 Å². The molecule has 0 unspecified atom stereocenters. The highest BCUT2D eigenvalue weighted by atomic mass is 79.9. The summed E-state index contributed by atoms with van der Waals surface area (Å²) in [4.78, 5) is 12.0. The van der Waals surface area contributed by atoms with Gasteiger partial charge in [-0.25, -0.2) is 4.39 Å². The predicted octanol–water partition coefficient (Wildman–Crippen LogP) is 3.19. The average molecular weight is 358 g/mol. The largest absolute Gasteiger partial charge is 0.396 e. The first-order valence-electron chi connectivity index (χ1n) is 7.44. The summed E-state index contributed by atoms with van der Waals surface area (Å²) in [5, 5.41) is 12.3. The fourth-order valence-corrected chi connectivity index (χ4v) is 3.20. The average Bonchev–Trinajstić information content (AvgIpc) is 2.47. The Balaban J connectivity index is 1.84. The molecule has 0 aliphatic heterocycles. The minimum atomic E-state index is -0.289. The summed E-state index contributed by atoms with van der Waals surface area (Å²) in [5.41, 5.74) is 0.552. The molecule has 3 nitrogen and oxygen atoms in total. The first-order valence-corrected chi connectivity index (χ1v) is 8.23. The molecule has 1 aliphatic rings. The zero-order valence-electron chi connectivity index (χ0n) is 11.9. The highest BCUT2D eigenvalue weighted by Gasteiger charge is 2.25. The molecule has 0 saturated heterocycles. The van der Waals surface area contributed by atoms with E-state index in [4.69, 9.17) is 0 Å². The lowest BCUT2D eigenvalue weighted by Gasteiger charge is -2.30. The first kappa shape index (κ1) is 16.4. The van der Waals surface area contributed by atoms with E-state index in [2.05, 4.69) is 21.2 Å². The predicted molar refractivity (Wildman–Crippen MR) is 83.4 cm³/mol. The molecule has 0 radical (unpaired) electrons. The number of nitrogens with one attached hydrogen (secondary N) is 1. The minimum Gasteiger partial charge on any atom is -0.396 e. The van der Waals surface area contributed by atoms with Crippen molar-refractivity contribution < 1.29 is 14.3 Å². The van der Waals surface area contributed by atoms with Gasteiger partial charge in [0.05, 0.1) is 0 Å². The van der Waals surface area contributed by atoms with Gasteiger partial charge in [0.25, 0.3) is 0 Å². The van der Waals surface area contributed by atoms with Crippen molar-refractivity contribution in [3.63, 3.8) is 0 Å². The molecule has 0 bridgehead atoms. The number of hydrogen-bond donors (Lipinski definition) is 2. The Kier molecular flexibility index (Phi) is 6.18. The Morgan fingerprint density at radius 2 is 2.14 bits per heavy atom. The van der Waals surface area contributed by atoms with E-state index in [0.29, 0.717) is 16.5 Å². The molecule has 1 aliphatic carbocycles. The number of benzene rings is 1. The van der Waals surface area contributed by atoms with Crippen LogP contribution < -0.4 is 5.32 Å². The Morgan fingerprint density at radius 3 is 2.86 bits per heavy atom. The molecular weight excluding hydrogens is 337 g/mol. The van der Waals surface area contributed by atoms with Gasteiger partial charge in [0.2, 0.25) is 5.91 Å². The smallest absolute Gasteiger partial charge is 0.220 e. The van der Waals surface area contributed by atoms with Crippen molar-refractivity contribution in [1.29, 1.82) is 0 Å². The normalized spacial score (nSPS) is 22.0. The van der Waals surface area contributed by atoms with Gasteiger partial charge in [0.1, 0.15) is 5.82 Å². The quantitative estimate of drug-likeness (QED) is 0.849. The number of aliphatic hydroxyl groups is 1. The van der Waals surface area contributed by atoms with Crippen LogP contribution in [0, 0.1) is 11.7 Å². The standard InChI is InChI=1S/C16H21BrFNO2/c17-13-7-5-11(14(18)9-13)6-8-16(21)19-15-4-2-1-3-12(15)10-20/h5,7,9,12,15,20H,1-4,6,8,10H2,(H,19,21)/t12-,15-/m1/s1. The van der Waals surface area contributed by atoms with Crippen LogP contribution in [-0.4, -0.2) is 23.7 Å². The molecule has 2 N–H and O–H groups in total. The van der Waals surface area contributed by atoms with Crippen LogP contribution in [0.25, 0.3) is 0 Å². The summed E-state index contributed by atoms with van der Waals surface area (Å²) in [6, 6.07) is 4.95. The molecule has 116 valence electrons. The first-order chi connectivity index (χ1) is 10.1. The lowest BCUT2D eigenvalue weighted by atomic mass is 9.85. The molecule has 0 spiro atoms. The topological polar surface area (TPSA) is 49.3 Å². The van der Waals surface area contributed by atoms with Gasteiger partial charge >= 0.3 is 0 Å². The Labute approximate surface area is 133 Å². The third kappa shape index (κ3) is 4.78. The maximum Gasteiger partial charge on any atom is 0.220 e. The van der Waals surface area contributed by atoms with Gasteiger partial charge < -0.3 is 10.4 Å². The van der Waals surface area contributed by atoms with Crippen molar-refractivity contribution in [1.82, 2.24) is 5.32 Å². The summed E-state index contributed by atoms with van der Waals surface area (Å²) < 4.78 is 14.4. The van der Waals surface area contributed by atoms with Crippen molar-refractivity contribution in [2.45, 2.75) is 44.6 Å². The molecule has 1 aromatic carbocycles. The number of carbonyl (C=O) groups excluding carboxylic acids is 1. The minimum absolute atomic E-state index is 0.0611. The number of halogens is 2. The molecule has 0 aromatic heterocycles. The van der Waals surface area contributed by atoms with Crippen LogP contribution in [0.4, 0.5) is 4.39 Å². The molecule has 21 heavy (non-hydrogen) atoms. The molecule has 1 amide bonds. The van der Waals surface area contributed by atoms with Crippen molar-refractivity contribution in [2.24, 2.45) is 5.92 Å². The van der Waals surface area contributed by atoms with Crippen LogP contribution in [-0.2, 0) is 11.2 Å². The molecule has 1 aromatic rings. The van der Waals surface area contributed by atoms with Gasteiger partial charge in [0, 0.05) is 29.5 Å². The van der Waals surface area contributed by atoms with Crippen LogP contribution >= 0.6 is 15.9 Å². The molecular formula is C16H21BrFNO2. The maximum atomic E-state index is 13.7. The van der Waals surface area contributed by atoms with Crippen molar-refractivity contribution in [3.05, 3.63) is 34.1 Å². The van der Waals surface area contributed by atoms with Crippen LogP contribution in [0.3, 0.4) is 0 Å². The van der Waals surface area contributed by atoms with Crippen molar-refractivity contribution in [2.75, 3.05) is 6.61 Å². The second kappa shape index (κ2) is 7.90. The van der Waals surface area contributed by atoms with Gasteiger partial charge in [-0.05, 0) is 37.0 Å². The fraction of sp³-hybridized carbons (Fsp3) is 0.562. The summed E-state index contributed by atoms with van der Waals surface area (Å²) in [6.07, 6.45) is 4.74. The Morgan fingerprint density at radius 1 is 1.38 bits per heavy atom. The number of hydrogen-bond acceptors (Lipinski definition) is 2. The van der Waals surface area contributed by atoms with E-state index < -0.39 is 0 Å². The third-order valence-corrected chi connectivity index (χ3v) is 4.62. The Bertz CT molecular complexity index is 495. The molecule has 1 saturated carbocycles. The van der Waals surface area contributed by atoms with Gasteiger partial charge in [-0.15, -0.1) is 0 Å². The van der Waals surface area contributed by atoms with E-state index in [1.807, 2.05) is 0 Å². The fourth-order valence-electron chi connectivity index (χ4n) is 2.87. The van der Waals surface area contributed by atoms with Gasteiger partial charge in [0.15, 0.2) is 0 Å². The monoisotopic (exact) mass is 357 g/mol. The zero-order chi connectivity index (χ0) is 15.2. The van der Waals surface area contributed by atoms with Crippen molar-refractivity contribution in [3.8, 4) is 0 Å². The second-order valence-corrected chi connectivity index (χ2v) is 6.55. The van der Waals surface area contributed by atoms with Crippen LogP contribution in [0.2, 0.25) is 0 Å². The van der Waals surface area contributed by atoms with Crippen molar-refractivity contribution >= 4 is 21.8 Å². The summed E-state index contributed by atoms with van der Waals surface area (Å²) in [5.74, 6) is -0.196. The number of aliphatic hydroxyl groups excluding tert-OH is 1. The van der Waals surface area contributed by atoms with Crippen LogP contribution in [0.5, 0.6) is 0 Å². The summed E-state index contributed by atoms with van der Waals surface area (Å²) in [6.45, 7) is 0.117. The van der Waals surface area contributed by atoms with Crippen LogP contribution in [0.15, 0.2) is 22.7 Å². The maximum absolute atomic E-state index is 13.7. The highest BCUT2D eigenvalue weighted by Crippen LogP contribution is 2.24. The molecule has 2 rings (SSSR count). The van der Waals surface area contributed by atoms with E-state index in [1.165, 1.54) is 6.07 Å².